The average Bonchev–Trinajstić information content (AvgIpc) is 3.59. The van der Waals surface area contributed by atoms with Crippen molar-refractivity contribution in [2.75, 3.05) is 48.3 Å². The zero-order valence-electron chi connectivity index (χ0n) is 24.0. The number of hydrogen-bond donors (Lipinski definition) is 1. The summed E-state index contributed by atoms with van der Waals surface area (Å²) in [7, 11) is 2.15. The highest BCUT2D eigenvalue weighted by molar-refractivity contribution is 5.88. The van der Waals surface area contributed by atoms with Crippen molar-refractivity contribution in [3.8, 4) is 11.3 Å². The van der Waals surface area contributed by atoms with Crippen LogP contribution < -0.4 is 15.1 Å². The number of nitrogens with zero attached hydrogens (tertiary/aromatic N) is 7. The van der Waals surface area contributed by atoms with Crippen LogP contribution in [0.25, 0.3) is 11.3 Å². The average molecular weight is 583 g/mol. The Labute approximate surface area is 243 Å². The number of hydrogen-bond acceptors (Lipinski definition) is 8. The third-order valence-electron chi connectivity index (χ3n) is 9.00. The summed E-state index contributed by atoms with van der Waals surface area (Å²) in [6.45, 7) is 5.96. The Morgan fingerprint density at radius 1 is 1.12 bits per heavy atom. The summed E-state index contributed by atoms with van der Waals surface area (Å²) in [5.74, 6) is 1.68. The molecule has 0 radical (unpaired) electrons. The summed E-state index contributed by atoms with van der Waals surface area (Å²) >= 11 is 0. The Balaban J connectivity index is 1.27. The third-order valence-corrected chi connectivity index (χ3v) is 9.00. The van der Waals surface area contributed by atoms with E-state index in [2.05, 4.69) is 36.7 Å². The number of likely N-dealkylation sites (N-methyl/N-ethyl adjacent to an activating group) is 2. The molecule has 5 heterocycles. The minimum absolute atomic E-state index is 0.164. The van der Waals surface area contributed by atoms with Gasteiger partial charge in [-0.3, -0.25) is 4.79 Å². The molecule has 3 aliphatic heterocycles. The number of aromatic nitrogens is 4. The topological polar surface area (TPSA) is 82.4 Å². The van der Waals surface area contributed by atoms with Gasteiger partial charge < -0.3 is 24.6 Å². The molecule has 224 valence electrons. The van der Waals surface area contributed by atoms with E-state index in [1.807, 2.05) is 18.0 Å². The molecule has 0 bridgehead atoms. The number of alkyl halides is 2. The molecule has 42 heavy (non-hydrogen) atoms. The van der Waals surface area contributed by atoms with E-state index in [4.69, 9.17) is 4.98 Å². The lowest BCUT2D eigenvalue weighted by atomic mass is 9.95. The fourth-order valence-electron chi connectivity index (χ4n) is 6.65. The predicted octanol–water partition coefficient (Wildman–Crippen LogP) is 5.06. The monoisotopic (exact) mass is 582 g/mol. The van der Waals surface area contributed by atoms with E-state index >= 15 is 0 Å². The van der Waals surface area contributed by atoms with Crippen LogP contribution in [0.2, 0.25) is 0 Å². The lowest BCUT2D eigenvalue weighted by Crippen LogP contribution is -2.40. The lowest BCUT2D eigenvalue weighted by Gasteiger charge is -2.36. The molecule has 1 unspecified atom stereocenters. The van der Waals surface area contributed by atoms with Gasteiger partial charge in [-0.05, 0) is 64.4 Å². The number of piperidine rings is 2. The summed E-state index contributed by atoms with van der Waals surface area (Å²) in [4.78, 5) is 32.3. The van der Waals surface area contributed by atoms with Crippen molar-refractivity contribution in [3.05, 3.63) is 47.9 Å². The number of carbonyl (C=O) groups excluding carboxylic acids is 1. The minimum Gasteiger partial charge on any atom is -0.355 e. The maximum atomic E-state index is 14.1. The van der Waals surface area contributed by atoms with Crippen LogP contribution >= 0.6 is 0 Å². The quantitative estimate of drug-likeness (QED) is 0.369. The van der Waals surface area contributed by atoms with Gasteiger partial charge in [-0.1, -0.05) is 6.42 Å². The first-order chi connectivity index (χ1) is 20.4. The first-order valence-corrected chi connectivity index (χ1v) is 14.8. The van der Waals surface area contributed by atoms with Gasteiger partial charge in [0.15, 0.2) is 24.1 Å². The van der Waals surface area contributed by atoms with Gasteiger partial charge in [-0.2, -0.15) is 0 Å². The highest BCUT2D eigenvalue weighted by Gasteiger charge is 2.35. The fraction of sp³-hybridized carbons (Fsp3) is 0.533. The third kappa shape index (κ3) is 5.32. The maximum absolute atomic E-state index is 14.1. The van der Waals surface area contributed by atoms with Gasteiger partial charge in [-0.25, -0.2) is 28.1 Å². The molecule has 1 aromatic carbocycles. The van der Waals surface area contributed by atoms with Crippen molar-refractivity contribution in [1.82, 2.24) is 24.4 Å². The van der Waals surface area contributed by atoms with Crippen molar-refractivity contribution in [2.24, 2.45) is 0 Å². The van der Waals surface area contributed by atoms with Crippen molar-refractivity contribution in [1.29, 1.82) is 0 Å². The van der Waals surface area contributed by atoms with E-state index in [-0.39, 0.29) is 5.92 Å². The van der Waals surface area contributed by atoms with Crippen LogP contribution in [-0.4, -0.2) is 76.1 Å². The molecule has 9 nitrogen and oxygen atoms in total. The zero-order valence-corrected chi connectivity index (χ0v) is 24.0. The van der Waals surface area contributed by atoms with Crippen LogP contribution in [-0.2, 0) is 11.3 Å². The van der Waals surface area contributed by atoms with Gasteiger partial charge in [0, 0.05) is 49.9 Å². The summed E-state index contributed by atoms with van der Waals surface area (Å²) < 4.78 is 43.2. The molecule has 3 aliphatic rings. The van der Waals surface area contributed by atoms with Crippen molar-refractivity contribution in [3.63, 3.8) is 0 Å². The number of benzene rings is 1. The zero-order chi connectivity index (χ0) is 29.4. The Hall–Kier alpha value is -3.67. The van der Waals surface area contributed by atoms with Crippen molar-refractivity contribution >= 4 is 23.6 Å². The van der Waals surface area contributed by atoms with Crippen LogP contribution in [0.1, 0.15) is 62.8 Å². The Morgan fingerprint density at radius 2 is 1.93 bits per heavy atom. The van der Waals surface area contributed by atoms with Crippen LogP contribution in [0, 0.1) is 5.82 Å². The van der Waals surface area contributed by atoms with Crippen LogP contribution in [0.5, 0.6) is 0 Å². The van der Waals surface area contributed by atoms with Crippen LogP contribution in [0.3, 0.4) is 0 Å². The molecule has 0 aliphatic carbocycles. The van der Waals surface area contributed by atoms with E-state index in [0.717, 1.165) is 75.1 Å². The second-order valence-electron chi connectivity index (χ2n) is 11.5. The Kier molecular flexibility index (Phi) is 8.06. The molecule has 2 saturated heterocycles. The first kappa shape index (κ1) is 28.4. The molecule has 0 spiro atoms. The molecule has 2 aromatic heterocycles. The Morgan fingerprint density at radius 3 is 2.64 bits per heavy atom. The number of carbonyl (C=O) groups is 1. The molecule has 2 fully saturated rings. The van der Waals surface area contributed by atoms with Crippen LogP contribution in [0.15, 0.2) is 30.7 Å². The molecule has 0 saturated carbocycles. The van der Waals surface area contributed by atoms with E-state index in [0.29, 0.717) is 29.7 Å². The van der Waals surface area contributed by atoms with Gasteiger partial charge in [-0.15, -0.1) is 0 Å². The number of fused-ring (bicyclic) bond motifs is 1. The maximum Gasteiger partial charge on any atom is 0.266 e. The second kappa shape index (κ2) is 11.9. The number of halogens is 3. The number of nitrogens with one attached hydrogen (secondary N) is 1. The highest BCUT2D eigenvalue weighted by Crippen LogP contribution is 2.41. The fourth-order valence-corrected chi connectivity index (χ4v) is 6.65. The summed E-state index contributed by atoms with van der Waals surface area (Å²) in [6, 6.07) is 4.23. The summed E-state index contributed by atoms with van der Waals surface area (Å²) in [5, 5.41) is 3.17. The minimum atomic E-state index is -2.89. The second-order valence-corrected chi connectivity index (χ2v) is 11.5. The van der Waals surface area contributed by atoms with Gasteiger partial charge in [0.2, 0.25) is 0 Å². The Bertz CT molecular complexity index is 1420. The van der Waals surface area contributed by atoms with Gasteiger partial charge in [0.1, 0.15) is 23.7 Å². The van der Waals surface area contributed by atoms with E-state index in [1.54, 1.807) is 0 Å². The molecule has 0 amide bonds. The number of rotatable bonds is 8. The van der Waals surface area contributed by atoms with Gasteiger partial charge in [0.25, 0.3) is 6.43 Å². The number of anilines is 3. The smallest absolute Gasteiger partial charge is 0.266 e. The number of imidazole rings is 1. The molecule has 1 N–H and O–H groups in total. The van der Waals surface area contributed by atoms with E-state index in [9.17, 15) is 18.0 Å². The number of aldehydes is 1. The molecule has 2 atom stereocenters. The van der Waals surface area contributed by atoms with Crippen molar-refractivity contribution < 1.29 is 18.0 Å². The van der Waals surface area contributed by atoms with Crippen LogP contribution in [0.4, 0.5) is 30.5 Å². The van der Waals surface area contributed by atoms with E-state index < -0.39 is 24.0 Å². The number of likely N-dealkylation sites (tertiary alicyclic amines) is 1. The lowest BCUT2D eigenvalue weighted by molar-refractivity contribution is -0.108. The standard InChI is InChI=1S/C30H37F3N8O/c1-3-41-25(17-42)37-28-26(41)30(35-18-34-28)39-12-9-19(10-13-39)29-36-24(20-7-8-23(31)22(14-20)27(32)33)16-40(29)15-21-6-4-5-11-38(21)2/h7-8,14,16-19,21,25,27H,3-6,9-13,15H2,1-2H3,(H,34,35,37)/t21?,25-/m1/s1. The molecular weight excluding hydrogens is 545 g/mol. The largest absolute Gasteiger partial charge is 0.355 e. The van der Waals surface area contributed by atoms with Gasteiger partial charge >= 0.3 is 0 Å². The summed E-state index contributed by atoms with van der Waals surface area (Å²) in [6.07, 6.45) is 6.14. The summed E-state index contributed by atoms with van der Waals surface area (Å²) in [5.41, 5.74) is 1.33. The van der Waals surface area contributed by atoms with Crippen molar-refractivity contribution in [2.45, 2.75) is 70.1 Å². The highest BCUT2D eigenvalue weighted by atomic mass is 19.3. The van der Waals surface area contributed by atoms with Gasteiger partial charge in [0.05, 0.1) is 11.3 Å². The molecule has 12 heteroatoms. The SMILES string of the molecule is CCN1c2c(ncnc2N2CCC(c3nc(-c4ccc(F)c(C(F)F)c4)cn3CC3CCCCN3C)CC2)N[C@H]1C=O. The van der Waals surface area contributed by atoms with E-state index in [1.165, 1.54) is 31.3 Å². The normalized spacial score (nSPS) is 21.6. The predicted molar refractivity (Wildman–Crippen MR) is 156 cm³/mol. The first-order valence-electron chi connectivity index (χ1n) is 14.8. The molecule has 6 rings (SSSR count). The molecule has 3 aromatic rings. The molecular formula is C30H37F3N8O.